The van der Waals surface area contributed by atoms with Gasteiger partial charge in [-0.2, -0.15) is 0 Å². The van der Waals surface area contributed by atoms with Gasteiger partial charge in [0.05, 0.1) is 25.1 Å². The number of sulfone groups is 1. The molecule has 0 N–H and O–H groups in total. The lowest BCUT2D eigenvalue weighted by atomic mass is 10.2. The molecule has 2 heterocycles. The molecule has 142 valence electrons. The summed E-state index contributed by atoms with van der Waals surface area (Å²) in [6, 6.07) is 14.4. The SMILES string of the molecule is O=C(CS(=O)(=O)Cc1cccc(Br)c1)N(Cc1ccco1)Cc1cccs1. The fraction of sp³-hybridized carbons (Fsp3) is 0.211. The Bertz CT molecular complexity index is 946. The number of benzene rings is 1. The van der Waals surface area contributed by atoms with Crippen LogP contribution in [0.15, 0.2) is 69.1 Å². The molecule has 0 atom stereocenters. The molecular weight excluding hydrogens is 450 g/mol. The molecule has 0 aliphatic carbocycles. The van der Waals surface area contributed by atoms with E-state index in [4.69, 9.17) is 4.42 Å². The van der Waals surface area contributed by atoms with E-state index in [1.54, 1.807) is 30.3 Å². The summed E-state index contributed by atoms with van der Waals surface area (Å²) in [5.41, 5.74) is 0.646. The molecule has 3 aromatic rings. The summed E-state index contributed by atoms with van der Waals surface area (Å²) in [5, 5.41) is 1.93. The Morgan fingerprint density at radius 3 is 2.63 bits per heavy atom. The minimum atomic E-state index is -3.59. The summed E-state index contributed by atoms with van der Waals surface area (Å²) in [6.07, 6.45) is 1.53. The van der Waals surface area contributed by atoms with Crippen LogP contribution in [0, 0.1) is 0 Å². The van der Waals surface area contributed by atoms with Gasteiger partial charge in [-0.25, -0.2) is 8.42 Å². The molecule has 2 aromatic heterocycles. The molecule has 0 aliphatic heterocycles. The summed E-state index contributed by atoms with van der Waals surface area (Å²) >= 11 is 4.86. The van der Waals surface area contributed by atoms with Gasteiger partial charge in [0.15, 0.2) is 9.84 Å². The standard InChI is InChI=1S/C19H18BrNO4S2/c20-16-5-1-4-15(10-16)13-27(23,24)14-19(22)21(11-17-6-2-8-25-17)12-18-7-3-9-26-18/h1-10H,11-14H2. The number of rotatable bonds is 8. The van der Waals surface area contributed by atoms with E-state index >= 15 is 0 Å². The maximum Gasteiger partial charge on any atom is 0.238 e. The van der Waals surface area contributed by atoms with Gasteiger partial charge in [-0.1, -0.05) is 34.1 Å². The lowest BCUT2D eigenvalue weighted by Crippen LogP contribution is -2.35. The monoisotopic (exact) mass is 467 g/mol. The zero-order chi connectivity index (χ0) is 19.3. The van der Waals surface area contributed by atoms with E-state index in [1.165, 1.54) is 22.5 Å². The highest BCUT2D eigenvalue weighted by molar-refractivity contribution is 9.10. The van der Waals surface area contributed by atoms with Gasteiger partial charge in [-0.05, 0) is 41.3 Å². The van der Waals surface area contributed by atoms with Crippen molar-refractivity contribution in [2.24, 2.45) is 0 Å². The first-order chi connectivity index (χ1) is 12.9. The fourth-order valence-electron chi connectivity index (χ4n) is 2.62. The number of furan rings is 1. The summed E-state index contributed by atoms with van der Waals surface area (Å²) < 4.78 is 31.2. The molecule has 1 aromatic carbocycles. The van der Waals surface area contributed by atoms with Crippen molar-refractivity contribution >= 4 is 43.0 Å². The Balaban J connectivity index is 1.72. The highest BCUT2D eigenvalue weighted by Crippen LogP contribution is 2.17. The van der Waals surface area contributed by atoms with E-state index in [2.05, 4.69) is 15.9 Å². The molecule has 8 heteroatoms. The van der Waals surface area contributed by atoms with Gasteiger partial charge >= 0.3 is 0 Å². The fourth-order valence-corrected chi connectivity index (χ4v) is 5.14. The molecule has 5 nitrogen and oxygen atoms in total. The molecule has 27 heavy (non-hydrogen) atoms. The van der Waals surface area contributed by atoms with Crippen molar-refractivity contribution in [3.8, 4) is 0 Å². The van der Waals surface area contributed by atoms with Crippen LogP contribution in [-0.2, 0) is 33.5 Å². The zero-order valence-electron chi connectivity index (χ0n) is 14.4. The van der Waals surface area contributed by atoms with Gasteiger partial charge in [-0.15, -0.1) is 11.3 Å². The molecule has 0 spiro atoms. The van der Waals surface area contributed by atoms with Crippen molar-refractivity contribution in [2.45, 2.75) is 18.8 Å². The van der Waals surface area contributed by atoms with Gasteiger partial charge in [-0.3, -0.25) is 4.79 Å². The molecule has 0 fully saturated rings. The third kappa shape index (κ3) is 6.05. The van der Waals surface area contributed by atoms with E-state index < -0.39 is 21.5 Å². The van der Waals surface area contributed by atoms with Crippen LogP contribution < -0.4 is 0 Å². The first-order valence-electron chi connectivity index (χ1n) is 8.19. The molecule has 0 saturated carbocycles. The highest BCUT2D eigenvalue weighted by Gasteiger charge is 2.23. The number of halogens is 1. The number of nitrogens with zero attached hydrogens (tertiary/aromatic N) is 1. The Morgan fingerprint density at radius 1 is 1.11 bits per heavy atom. The predicted molar refractivity (Wildman–Crippen MR) is 109 cm³/mol. The van der Waals surface area contributed by atoms with E-state index in [0.29, 0.717) is 17.9 Å². The number of thiophene rings is 1. The Hall–Kier alpha value is -1.90. The maximum atomic E-state index is 12.8. The summed E-state index contributed by atoms with van der Waals surface area (Å²) in [6.45, 7) is 0.583. The van der Waals surface area contributed by atoms with Crippen LogP contribution in [0.4, 0.5) is 0 Å². The molecule has 0 bridgehead atoms. The van der Waals surface area contributed by atoms with E-state index in [9.17, 15) is 13.2 Å². The second kappa shape index (κ2) is 8.86. The van der Waals surface area contributed by atoms with E-state index in [-0.39, 0.29) is 12.3 Å². The van der Waals surface area contributed by atoms with Gasteiger partial charge in [0.2, 0.25) is 5.91 Å². The minimum Gasteiger partial charge on any atom is -0.467 e. The second-order valence-electron chi connectivity index (χ2n) is 6.07. The first kappa shape index (κ1) is 19.9. The largest absolute Gasteiger partial charge is 0.467 e. The maximum absolute atomic E-state index is 12.8. The zero-order valence-corrected chi connectivity index (χ0v) is 17.6. The van der Waals surface area contributed by atoms with E-state index in [0.717, 1.165) is 9.35 Å². The van der Waals surface area contributed by atoms with Gasteiger partial charge < -0.3 is 9.32 Å². The van der Waals surface area contributed by atoms with Gasteiger partial charge in [0.1, 0.15) is 11.5 Å². The van der Waals surface area contributed by atoms with Crippen LogP contribution in [-0.4, -0.2) is 25.0 Å². The molecule has 1 amide bonds. The summed E-state index contributed by atoms with van der Waals surface area (Å²) in [5.74, 6) is -0.531. The number of carbonyl (C=O) groups is 1. The molecule has 0 saturated heterocycles. The topological polar surface area (TPSA) is 67.6 Å². The third-order valence-electron chi connectivity index (χ3n) is 3.83. The molecular formula is C19H18BrNO4S2. The predicted octanol–water partition coefficient (Wildman–Crippen LogP) is 4.25. The van der Waals surface area contributed by atoms with E-state index in [1.807, 2.05) is 23.6 Å². The molecule has 0 unspecified atom stereocenters. The lowest BCUT2D eigenvalue weighted by molar-refractivity contribution is -0.129. The molecule has 3 rings (SSSR count). The normalized spacial score (nSPS) is 11.4. The second-order valence-corrected chi connectivity index (χ2v) is 10.1. The minimum absolute atomic E-state index is 0.175. The molecule has 0 radical (unpaired) electrons. The van der Waals surface area contributed by atoms with Crippen molar-refractivity contribution in [2.75, 3.05) is 5.75 Å². The average Bonchev–Trinajstić information content (AvgIpc) is 3.27. The average molecular weight is 468 g/mol. The van der Waals surface area contributed by atoms with Crippen LogP contribution in [0.25, 0.3) is 0 Å². The van der Waals surface area contributed by atoms with Crippen molar-refractivity contribution in [1.29, 1.82) is 0 Å². The van der Waals surface area contributed by atoms with Crippen molar-refractivity contribution in [3.05, 3.63) is 80.8 Å². The number of amides is 1. The van der Waals surface area contributed by atoms with Crippen LogP contribution in [0.1, 0.15) is 16.2 Å². The third-order valence-corrected chi connectivity index (χ3v) is 6.64. The van der Waals surface area contributed by atoms with Crippen molar-refractivity contribution in [1.82, 2.24) is 4.90 Å². The number of carbonyl (C=O) groups excluding carboxylic acids is 1. The Labute approximate surface area is 170 Å². The van der Waals surface area contributed by atoms with Crippen molar-refractivity contribution in [3.63, 3.8) is 0 Å². The lowest BCUT2D eigenvalue weighted by Gasteiger charge is -2.21. The number of hydrogen-bond donors (Lipinski definition) is 0. The summed E-state index contributed by atoms with van der Waals surface area (Å²) in [7, 11) is -3.59. The quantitative estimate of drug-likeness (QED) is 0.496. The van der Waals surface area contributed by atoms with Crippen LogP contribution in [0.3, 0.4) is 0 Å². The van der Waals surface area contributed by atoms with Crippen LogP contribution in [0.2, 0.25) is 0 Å². The van der Waals surface area contributed by atoms with Crippen LogP contribution >= 0.6 is 27.3 Å². The highest BCUT2D eigenvalue weighted by atomic mass is 79.9. The number of hydrogen-bond acceptors (Lipinski definition) is 5. The first-order valence-corrected chi connectivity index (χ1v) is 11.7. The Kier molecular flexibility index (Phi) is 6.51. The Morgan fingerprint density at radius 2 is 1.96 bits per heavy atom. The molecule has 0 aliphatic rings. The smallest absolute Gasteiger partial charge is 0.238 e. The van der Waals surface area contributed by atoms with Crippen molar-refractivity contribution < 1.29 is 17.6 Å². The van der Waals surface area contributed by atoms with Gasteiger partial charge in [0.25, 0.3) is 0 Å². The van der Waals surface area contributed by atoms with Gasteiger partial charge in [0, 0.05) is 9.35 Å². The van der Waals surface area contributed by atoms with Crippen LogP contribution in [0.5, 0.6) is 0 Å². The summed E-state index contributed by atoms with van der Waals surface area (Å²) in [4.78, 5) is 15.3.